The second-order valence-corrected chi connectivity index (χ2v) is 3.47. The fraction of sp³-hybridized carbons (Fsp3) is 0.300. The van der Waals surface area contributed by atoms with E-state index in [-0.39, 0.29) is 5.78 Å². The molecule has 0 atom stereocenters. The fourth-order valence-corrected chi connectivity index (χ4v) is 1.44. The van der Waals surface area contributed by atoms with Gasteiger partial charge >= 0.3 is 0 Å². The molecule has 0 aliphatic heterocycles. The number of Topliss-reactive ketones (excluding diaryl/α,β-unsaturated/α-hetero) is 1. The van der Waals surface area contributed by atoms with Gasteiger partial charge in [0.15, 0.2) is 5.78 Å². The molecule has 5 heteroatoms. The van der Waals surface area contributed by atoms with E-state index in [1.165, 1.54) is 0 Å². The summed E-state index contributed by atoms with van der Waals surface area (Å²) in [6.45, 7) is 0. The summed E-state index contributed by atoms with van der Waals surface area (Å²) in [6, 6.07) is 1.84. The van der Waals surface area contributed by atoms with Crippen molar-refractivity contribution in [2.24, 2.45) is 14.1 Å². The lowest BCUT2D eigenvalue weighted by molar-refractivity contribution is 0.0984. The first-order valence-electron chi connectivity index (χ1n) is 4.65. The summed E-state index contributed by atoms with van der Waals surface area (Å²) in [5, 5.41) is 4.16. The highest BCUT2D eigenvalue weighted by Crippen LogP contribution is 2.04. The Morgan fingerprint density at radius 1 is 1.47 bits per heavy atom. The molecule has 0 amide bonds. The third kappa shape index (κ3) is 1.96. The van der Waals surface area contributed by atoms with Crippen molar-refractivity contribution in [1.29, 1.82) is 0 Å². The van der Waals surface area contributed by atoms with E-state index in [2.05, 4.69) is 10.1 Å². The smallest absolute Gasteiger partial charge is 0.186 e. The van der Waals surface area contributed by atoms with Gasteiger partial charge in [0.25, 0.3) is 0 Å². The lowest BCUT2D eigenvalue weighted by Gasteiger charge is -1.98. The molecular weight excluding hydrogens is 192 g/mol. The molecule has 2 heterocycles. The topological polar surface area (TPSA) is 52.7 Å². The Kier molecular flexibility index (Phi) is 2.37. The van der Waals surface area contributed by atoms with Crippen LogP contribution in [0.15, 0.2) is 24.8 Å². The summed E-state index contributed by atoms with van der Waals surface area (Å²) < 4.78 is 3.40. The molecule has 0 fully saturated rings. The first-order chi connectivity index (χ1) is 7.16. The Labute approximate surface area is 87.4 Å². The van der Waals surface area contributed by atoms with E-state index in [1.807, 2.05) is 19.3 Å². The highest BCUT2D eigenvalue weighted by Gasteiger charge is 2.11. The van der Waals surface area contributed by atoms with Crippen molar-refractivity contribution in [2.45, 2.75) is 6.42 Å². The van der Waals surface area contributed by atoms with Gasteiger partial charge in [-0.1, -0.05) is 0 Å². The first-order valence-corrected chi connectivity index (χ1v) is 4.65. The Hall–Kier alpha value is -1.91. The number of hydrogen-bond donors (Lipinski definition) is 0. The number of ketones is 1. The number of carbonyl (C=O) groups excluding carboxylic acids is 1. The number of aromatic nitrogens is 4. The second-order valence-electron chi connectivity index (χ2n) is 3.47. The van der Waals surface area contributed by atoms with Gasteiger partial charge in [-0.05, 0) is 6.07 Å². The van der Waals surface area contributed by atoms with E-state index in [0.29, 0.717) is 12.1 Å². The van der Waals surface area contributed by atoms with Crippen LogP contribution in [0.3, 0.4) is 0 Å². The van der Waals surface area contributed by atoms with Crippen LogP contribution < -0.4 is 0 Å². The van der Waals surface area contributed by atoms with Gasteiger partial charge in [0.05, 0.1) is 24.6 Å². The van der Waals surface area contributed by atoms with Gasteiger partial charge in [-0.3, -0.25) is 9.48 Å². The highest BCUT2D eigenvalue weighted by atomic mass is 16.1. The molecule has 2 aromatic rings. The number of aryl methyl sites for hydroxylation is 2. The number of nitrogens with zero attached hydrogens (tertiary/aromatic N) is 4. The third-order valence-corrected chi connectivity index (χ3v) is 2.21. The molecule has 0 aromatic carbocycles. The summed E-state index contributed by atoms with van der Waals surface area (Å²) in [5.41, 5.74) is 1.39. The van der Waals surface area contributed by atoms with E-state index in [9.17, 15) is 4.79 Å². The van der Waals surface area contributed by atoms with E-state index < -0.39 is 0 Å². The lowest BCUT2D eigenvalue weighted by atomic mass is 10.2. The summed E-state index contributed by atoms with van der Waals surface area (Å²) in [7, 11) is 3.64. The van der Waals surface area contributed by atoms with Gasteiger partial charge in [0, 0.05) is 20.3 Å². The number of carbonyl (C=O) groups is 1. The van der Waals surface area contributed by atoms with Gasteiger partial charge in [0.2, 0.25) is 0 Å². The number of imidazole rings is 1. The van der Waals surface area contributed by atoms with Crippen molar-refractivity contribution < 1.29 is 4.79 Å². The molecule has 0 aliphatic rings. The fourth-order valence-electron chi connectivity index (χ4n) is 1.44. The average Bonchev–Trinajstić information content (AvgIpc) is 2.75. The van der Waals surface area contributed by atoms with Crippen LogP contribution in [0.2, 0.25) is 0 Å². The van der Waals surface area contributed by atoms with Crippen LogP contribution in [0.1, 0.15) is 16.2 Å². The molecule has 2 aromatic heterocycles. The maximum Gasteiger partial charge on any atom is 0.186 e. The molecular formula is C10H12N4O. The van der Waals surface area contributed by atoms with Gasteiger partial charge in [0.1, 0.15) is 5.69 Å². The molecule has 15 heavy (non-hydrogen) atoms. The average molecular weight is 204 g/mol. The molecule has 2 rings (SSSR count). The molecule has 0 radical (unpaired) electrons. The van der Waals surface area contributed by atoms with E-state index >= 15 is 0 Å². The minimum absolute atomic E-state index is 0.0358. The maximum atomic E-state index is 11.8. The van der Waals surface area contributed by atoms with Gasteiger partial charge < -0.3 is 4.57 Å². The number of rotatable bonds is 3. The highest BCUT2D eigenvalue weighted by molar-refractivity contribution is 5.95. The minimum atomic E-state index is 0.0358. The first kappa shape index (κ1) is 9.64. The predicted octanol–water partition coefficient (Wildman–Crippen LogP) is 0.579. The molecule has 0 saturated heterocycles. The molecule has 5 nitrogen and oxygen atoms in total. The van der Waals surface area contributed by atoms with Gasteiger partial charge in [-0.15, -0.1) is 0 Å². The zero-order chi connectivity index (χ0) is 10.8. The van der Waals surface area contributed by atoms with Crippen LogP contribution in [-0.4, -0.2) is 25.1 Å². The zero-order valence-corrected chi connectivity index (χ0v) is 8.71. The van der Waals surface area contributed by atoms with Crippen molar-refractivity contribution in [3.05, 3.63) is 36.2 Å². The standard InChI is InChI=1S/C10H12N4O/c1-13-7-11-6-9(13)10(15)5-8-3-4-14(2)12-8/h3-4,6-7H,5H2,1-2H3. The normalized spacial score (nSPS) is 10.5. The molecule has 0 saturated carbocycles. The summed E-state index contributed by atoms with van der Waals surface area (Å²) in [6.07, 6.45) is 5.34. The molecule has 78 valence electrons. The quantitative estimate of drug-likeness (QED) is 0.687. The molecule has 0 aliphatic carbocycles. The van der Waals surface area contributed by atoms with Crippen molar-refractivity contribution in [3.63, 3.8) is 0 Å². The van der Waals surface area contributed by atoms with Gasteiger partial charge in [-0.25, -0.2) is 4.98 Å². The lowest BCUT2D eigenvalue weighted by Crippen LogP contribution is -2.09. The predicted molar refractivity (Wildman–Crippen MR) is 54.5 cm³/mol. The van der Waals surface area contributed by atoms with Crippen molar-refractivity contribution in [1.82, 2.24) is 19.3 Å². The van der Waals surface area contributed by atoms with Crippen LogP contribution >= 0.6 is 0 Å². The Morgan fingerprint density at radius 3 is 2.80 bits per heavy atom. The van der Waals surface area contributed by atoms with Crippen LogP contribution in [0, 0.1) is 0 Å². The van der Waals surface area contributed by atoms with Crippen LogP contribution in [-0.2, 0) is 20.5 Å². The summed E-state index contributed by atoms with van der Waals surface area (Å²) >= 11 is 0. The Balaban J connectivity index is 2.14. The molecule has 0 bridgehead atoms. The molecule has 0 N–H and O–H groups in total. The number of hydrogen-bond acceptors (Lipinski definition) is 3. The molecule has 0 unspecified atom stereocenters. The van der Waals surface area contributed by atoms with E-state index in [1.54, 1.807) is 28.8 Å². The second kappa shape index (κ2) is 3.68. The Morgan fingerprint density at radius 2 is 2.27 bits per heavy atom. The largest absolute Gasteiger partial charge is 0.331 e. The van der Waals surface area contributed by atoms with Crippen molar-refractivity contribution in [2.75, 3.05) is 0 Å². The monoisotopic (exact) mass is 204 g/mol. The van der Waals surface area contributed by atoms with Crippen molar-refractivity contribution in [3.8, 4) is 0 Å². The van der Waals surface area contributed by atoms with Gasteiger partial charge in [-0.2, -0.15) is 5.10 Å². The third-order valence-electron chi connectivity index (χ3n) is 2.21. The molecule has 0 spiro atoms. The van der Waals surface area contributed by atoms with E-state index in [0.717, 1.165) is 5.69 Å². The Bertz CT molecular complexity index is 483. The van der Waals surface area contributed by atoms with Crippen LogP contribution in [0.5, 0.6) is 0 Å². The van der Waals surface area contributed by atoms with Crippen LogP contribution in [0.4, 0.5) is 0 Å². The van der Waals surface area contributed by atoms with E-state index in [4.69, 9.17) is 0 Å². The summed E-state index contributed by atoms with van der Waals surface area (Å²) in [4.78, 5) is 15.7. The van der Waals surface area contributed by atoms with Crippen molar-refractivity contribution >= 4 is 5.78 Å². The maximum absolute atomic E-state index is 11.8. The summed E-state index contributed by atoms with van der Waals surface area (Å²) in [5.74, 6) is 0.0358. The van der Waals surface area contributed by atoms with Crippen LogP contribution in [0.25, 0.3) is 0 Å². The minimum Gasteiger partial charge on any atom is -0.331 e. The zero-order valence-electron chi connectivity index (χ0n) is 8.71. The SMILES string of the molecule is Cn1ccc(CC(=O)c2cncn2C)n1.